The molecule has 25 heavy (non-hydrogen) atoms. The normalized spacial score (nSPS) is 10.9. The third-order valence-electron chi connectivity index (χ3n) is 3.91. The van der Waals surface area contributed by atoms with E-state index in [1.165, 1.54) is 11.1 Å². The van der Waals surface area contributed by atoms with Crippen LogP contribution in [0.25, 0.3) is 0 Å². The van der Waals surface area contributed by atoms with Crippen molar-refractivity contribution in [3.05, 3.63) is 70.0 Å². The molecular weight excluding hydrogens is 354 g/mol. The van der Waals surface area contributed by atoms with Crippen molar-refractivity contribution < 1.29 is 4.74 Å². The number of nitrogens with zero attached hydrogens (tertiary/aromatic N) is 3. The Morgan fingerprint density at radius 3 is 2.56 bits per heavy atom. The Bertz CT molecular complexity index is 862. The fraction of sp³-hybridized carbons (Fsp3) is 0.263. The van der Waals surface area contributed by atoms with Gasteiger partial charge in [0.25, 0.3) is 0 Å². The Morgan fingerprint density at radius 1 is 1.08 bits per heavy atom. The standard InChI is InChI=1S/C19H20ClN3OS/c1-13-4-6-15(7-5-13)12-25-19-22-21-18(23(19)3)11-24-17-9-8-16(20)10-14(17)2/h4-10H,11-12H2,1-3H3. The van der Waals surface area contributed by atoms with Gasteiger partial charge in [0.1, 0.15) is 12.4 Å². The van der Waals surface area contributed by atoms with E-state index in [9.17, 15) is 0 Å². The SMILES string of the molecule is Cc1ccc(CSc2nnc(COc3ccc(Cl)cc3C)n2C)cc1. The molecule has 2 aromatic carbocycles. The van der Waals surface area contributed by atoms with E-state index < -0.39 is 0 Å². The molecule has 1 heterocycles. The second-order valence-corrected chi connectivity index (χ2v) is 7.31. The molecule has 0 unspecified atom stereocenters. The highest BCUT2D eigenvalue weighted by Gasteiger charge is 2.11. The molecule has 0 atom stereocenters. The lowest BCUT2D eigenvalue weighted by atomic mass is 10.2. The predicted molar refractivity (Wildman–Crippen MR) is 102 cm³/mol. The number of halogens is 1. The molecule has 0 radical (unpaired) electrons. The summed E-state index contributed by atoms with van der Waals surface area (Å²) < 4.78 is 7.83. The van der Waals surface area contributed by atoms with Crippen LogP contribution < -0.4 is 4.74 Å². The maximum Gasteiger partial charge on any atom is 0.191 e. The number of hydrogen-bond acceptors (Lipinski definition) is 4. The van der Waals surface area contributed by atoms with E-state index in [1.807, 2.05) is 36.7 Å². The van der Waals surface area contributed by atoms with Crippen LogP contribution in [0.15, 0.2) is 47.6 Å². The number of benzene rings is 2. The van der Waals surface area contributed by atoms with Gasteiger partial charge in [-0.25, -0.2) is 0 Å². The van der Waals surface area contributed by atoms with Gasteiger partial charge in [-0.3, -0.25) is 0 Å². The number of hydrogen-bond donors (Lipinski definition) is 0. The molecule has 4 nitrogen and oxygen atoms in total. The highest BCUT2D eigenvalue weighted by molar-refractivity contribution is 7.98. The van der Waals surface area contributed by atoms with Gasteiger partial charge in [-0.15, -0.1) is 10.2 Å². The summed E-state index contributed by atoms with van der Waals surface area (Å²) in [6, 6.07) is 14.1. The van der Waals surface area contributed by atoms with Gasteiger partial charge >= 0.3 is 0 Å². The van der Waals surface area contributed by atoms with Gasteiger partial charge in [-0.05, 0) is 43.2 Å². The van der Waals surface area contributed by atoms with Crippen molar-refractivity contribution in [3.8, 4) is 5.75 Å². The van der Waals surface area contributed by atoms with Gasteiger partial charge in [0.2, 0.25) is 0 Å². The maximum absolute atomic E-state index is 5.97. The maximum atomic E-state index is 5.97. The Hall–Kier alpha value is -1.98. The second kappa shape index (κ2) is 7.93. The molecule has 6 heteroatoms. The molecule has 130 valence electrons. The first-order valence-corrected chi connectivity index (χ1v) is 9.35. The average molecular weight is 374 g/mol. The van der Waals surface area contributed by atoms with Gasteiger partial charge in [-0.2, -0.15) is 0 Å². The number of thioether (sulfide) groups is 1. The molecule has 0 saturated carbocycles. The predicted octanol–water partition coefficient (Wildman–Crippen LogP) is 4.96. The summed E-state index contributed by atoms with van der Waals surface area (Å²) in [6.07, 6.45) is 0. The van der Waals surface area contributed by atoms with Crippen LogP contribution >= 0.6 is 23.4 Å². The first kappa shape index (κ1) is 17.8. The summed E-state index contributed by atoms with van der Waals surface area (Å²) in [5, 5.41) is 10.1. The molecule has 0 aliphatic carbocycles. The third-order valence-corrected chi connectivity index (χ3v) is 5.23. The molecule has 0 saturated heterocycles. The third kappa shape index (κ3) is 4.55. The second-order valence-electron chi connectivity index (χ2n) is 5.93. The van der Waals surface area contributed by atoms with Crippen LogP contribution in [-0.2, 0) is 19.4 Å². The molecule has 0 N–H and O–H groups in total. The molecule has 0 amide bonds. The zero-order valence-electron chi connectivity index (χ0n) is 14.5. The minimum absolute atomic E-state index is 0.372. The first-order valence-electron chi connectivity index (χ1n) is 7.98. The summed E-state index contributed by atoms with van der Waals surface area (Å²) in [4.78, 5) is 0. The highest BCUT2D eigenvalue weighted by atomic mass is 35.5. The molecule has 0 spiro atoms. The Labute approximate surface area is 157 Å². The van der Waals surface area contributed by atoms with Gasteiger partial charge in [0.05, 0.1) is 0 Å². The first-order chi connectivity index (χ1) is 12.0. The molecule has 0 bridgehead atoms. The van der Waals surface area contributed by atoms with E-state index >= 15 is 0 Å². The molecule has 0 fully saturated rings. The van der Waals surface area contributed by atoms with Gasteiger partial charge in [0.15, 0.2) is 11.0 Å². The lowest BCUT2D eigenvalue weighted by Crippen LogP contribution is -2.05. The van der Waals surface area contributed by atoms with Crippen LogP contribution in [0.3, 0.4) is 0 Å². The monoisotopic (exact) mass is 373 g/mol. The van der Waals surface area contributed by atoms with Crippen molar-refractivity contribution in [3.63, 3.8) is 0 Å². The summed E-state index contributed by atoms with van der Waals surface area (Å²) in [5.41, 5.74) is 3.54. The summed E-state index contributed by atoms with van der Waals surface area (Å²) in [6.45, 7) is 4.44. The zero-order valence-corrected chi connectivity index (χ0v) is 16.1. The van der Waals surface area contributed by atoms with Gasteiger partial charge in [0, 0.05) is 17.8 Å². The van der Waals surface area contributed by atoms with Crippen LogP contribution in [0.5, 0.6) is 5.75 Å². The fourth-order valence-corrected chi connectivity index (χ4v) is 3.46. The zero-order chi connectivity index (χ0) is 17.8. The lowest BCUT2D eigenvalue weighted by molar-refractivity contribution is 0.288. The number of aryl methyl sites for hydroxylation is 2. The molecule has 3 rings (SSSR count). The summed E-state index contributed by atoms with van der Waals surface area (Å²) in [5.74, 6) is 2.46. The van der Waals surface area contributed by atoms with Crippen molar-refractivity contribution in [1.82, 2.24) is 14.8 Å². The van der Waals surface area contributed by atoms with Crippen LogP contribution in [-0.4, -0.2) is 14.8 Å². The minimum Gasteiger partial charge on any atom is -0.485 e. The van der Waals surface area contributed by atoms with Crippen LogP contribution in [0.1, 0.15) is 22.5 Å². The summed E-state index contributed by atoms with van der Waals surface area (Å²) in [7, 11) is 1.96. The number of rotatable bonds is 6. The van der Waals surface area contributed by atoms with E-state index in [0.29, 0.717) is 11.6 Å². The average Bonchev–Trinajstić information content (AvgIpc) is 2.94. The molecule has 0 aliphatic rings. The molecular formula is C19H20ClN3OS. The van der Waals surface area contributed by atoms with Crippen LogP contribution in [0, 0.1) is 13.8 Å². The Morgan fingerprint density at radius 2 is 1.84 bits per heavy atom. The fourth-order valence-electron chi connectivity index (χ4n) is 2.35. The van der Waals surface area contributed by atoms with E-state index in [1.54, 1.807) is 11.8 Å². The minimum atomic E-state index is 0.372. The molecule has 3 aromatic rings. The molecule has 1 aromatic heterocycles. The van der Waals surface area contributed by atoms with Gasteiger partial charge < -0.3 is 9.30 Å². The lowest BCUT2D eigenvalue weighted by Gasteiger charge is -2.09. The Balaban J connectivity index is 1.61. The van der Waals surface area contributed by atoms with E-state index in [2.05, 4.69) is 41.4 Å². The van der Waals surface area contributed by atoms with Crippen molar-refractivity contribution in [2.45, 2.75) is 31.4 Å². The van der Waals surface area contributed by atoms with E-state index in [-0.39, 0.29) is 0 Å². The summed E-state index contributed by atoms with van der Waals surface area (Å²) >= 11 is 7.64. The Kier molecular flexibility index (Phi) is 5.66. The highest BCUT2D eigenvalue weighted by Crippen LogP contribution is 2.24. The largest absolute Gasteiger partial charge is 0.485 e. The topological polar surface area (TPSA) is 39.9 Å². The number of ether oxygens (including phenoxy) is 1. The molecule has 0 aliphatic heterocycles. The van der Waals surface area contributed by atoms with E-state index in [4.69, 9.17) is 16.3 Å². The number of aromatic nitrogens is 3. The van der Waals surface area contributed by atoms with Crippen LogP contribution in [0.4, 0.5) is 0 Å². The van der Waals surface area contributed by atoms with E-state index in [0.717, 1.165) is 28.0 Å². The van der Waals surface area contributed by atoms with Crippen molar-refractivity contribution in [1.29, 1.82) is 0 Å². The van der Waals surface area contributed by atoms with Crippen LogP contribution in [0.2, 0.25) is 5.02 Å². The van der Waals surface area contributed by atoms with Crippen molar-refractivity contribution in [2.75, 3.05) is 0 Å². The van der Waals surface area contributed by atoms with Crippen molar-refractivity contribution >= 4 is 23.4 Å². The van der Waals surface area contributed by atoms with Crippen molar-refractivity contribution in [2.24, 2.45) is 7.05 Å². The quantitative estimate of drug-likeness (QED) is 0.573. The smallest absolute Gasteiger partial charge is 0.191 e. The van der Waals surface area contributed by atoms with Gasteiger partial charge in [-0.1, -0.05) is 53.2 Å².